The Bertz CT molecular complexity index is 1010. The number of carbonyl (C=O) groups is 1. The minimum atomic E-state index is 0.0579. The number of anilines is 1. The molecule has 1 aliphatic rings. The van der Waals surface area contributed by atoms with Crippen LogP contribution in [0.3, 0.4) is 0 Å². The molecule has 0 aliphatic heterocycles. The maximum absolute atomic E-state index is 12.4. The molecule has 0 bridgehead atoms. The minimum Gasteiger partial charge on any atom is -0.326 e. The molecule has 1 fully saturated rings. The Morgan fingerprint density at radius 3 is 2.54 bits per heavy atom. The van der Waals surface area contributed by atoms with Crippen molar-refractivity contribution in [1.29, 1.82) is 5.26 Å². The van der Waals surface area contributed by atoms with Gasteiger partial charge in [0, 0.05) is 23.7 Å². The number of fused-ring (bicyclic) bond motifs is 1. The number of hydrogen-bond donors (Lipinski definition) is 1. The SMILES string of the molecule is N#Cc1ccc(NC(=O)C[C@H]2CC[C@H](c3ccnc4ccccc43)CC2)cc1. The highest BCUT2D eigenvalue weighted by Gasteiger charge is 2.25. The van der Waals surface area contributed by atoms with Crippen LogP contribution in [0.5, 0.6) is 0 Å². The van der Waals surface area contributed by atoms with Gasteiger partial charge in [-0.05, 0) is 79.5 Å². The Morgan fingerprint density at radius 1 is 1.04 bits per heavy atom. The van der Waals surface area contributed by atoms with Gasteiger partial charge in [0.05, 0.1) is 17.1 Å². The van der Waals surface area contributed by atoms with Crippen molar-refractivity contribution in [2.24, 2.45) is 5.92 Å². The maximum Gasteiger partial charge on any atom is 0.224 e. The fourth-order valence-corrected chi connectivity index (χ4v) is 4.25. The molecule has 140 valence electrons. The monoisotopic (exact) mass is 369 g/mol. The molecule has 0 spiro atoms. The molecule has 1 amide bonds. The summed E-state index contributed by atoms with van der Waals surface area (Å²) in [5.74, 6) is 1.04. The van der Waals surface area contributed by atoms with Crippen LogP contribution in [0.2, 0.25) is 0 Å². The summed E-state index contributed by atoms with van der Waals surface area (Å²) in [4.78, 5) is 16.8. The van der Waals surface area contributed by atoms with Crippen molar-refractivity contribution in [2.75, 3.05) is 5.32 Å². The average molecular weight is 369 g/mol. The van der Waals surface area contributed by atoms with Gasteiger partial charge in [-0.15, -0.1) is 0 Å². The highest BCUT2D eigenvalue weighted by atomic mass is 16.1. The third kappa shape index (κ3) is 4.04. The van der Waals surface area contributed by atoms with E-state index in [1.165, 1.54) is 10.9 Å². The molecular weight excluding hydrogens is 346 g/mol. The molecule has 0 radical (unpaired) electrons. The van der Waals surface area contributed by atoms with Crippen LogP contribution in [0.1, 0.15) is 49.1 Å². The number of benzene rings is 2. The molecule has 1 aliphatic carbocycles. The van der Waals surface area contributed by atoms with E-state index in [0.717, 1.165) is 36.9 Å². The molecular formula is C24H23N3O. The number of nitrogens with zero attached hydrogens (tertiary/aromatic N) is 2. The first kappa shape index (κ1) is 18.2. The zero-order chi connectivity index (χ0) is 19.3. The second-order valence-electron chi connectivity index (χ2n) is 7.58. The normalized spacial score (nSPS) is 19.1. The largest absolute Gasteiger partial charge is 0.326 e. The standard InChI is InChI=1S/C24H23N3O/c25-16-18-7-11-20(12-8-18)27-24(28)15-17-5-9-19(10-6-17)21-13-14-26-23-4-2-1-3-22(21)23/h1-4,7-8,11-14,17,19H,5-6,9-10,15H2,(H,27,28)/t17-,19-. The number of amides is 1. The number of hydrogen-bond acceptors (Lipinski definition) is 3. The lowest BCUT2D eigenvalue weighted by atomic mass is 9.77. The van der Waals surface area contributed by atoms with Crippen molar-refractivity contribution in [1.82, 2.24) is 4.98 Å². The summed E-state index contributed by atoms with van der Waals surface area (Å²) in [5, 5.41) is 13.1. The molecule has 4 rings (SSSR count). The summed E-state index contributed by atoms with van der Waals surface area (Å²) in [6.07, 6.45) is 6.84. The van der Waals surface area contributed by atoms with Gasteiger partial charge in [-0.3, -0.25) is 9.78 Å². The van der Waals surface area contributed by atoms with Crippen LogP contribution in [0.15, 0.2) is 60.8 Å². The molecule has 1 aromatic heterocycles. The number of para-hydroxylation sites is 1. The van der Waals surface area contributed by atoms with Crippen molar-refractivity contribution in [3.63, 3.8) is 0 Å². The zero-order valence-electron chi connectivity index (χ0n) is 15.8. The molecule has 0 atom stereocenters. The minimum absolute atomic E-state index is 0.0579. The molecule has 1 N–H and O–H groups in total. The number of carbonyl (C=O) groups excluding carboxylic acids is 1. The Morgan fingerprint density at radius 2 is 1.79 bits per heavy atom. The van der Waals surface area contributed by atoms with Crippen LogP contribution in [0.25, 0.3) is 10.9 Å². The molecule has 4 nitrogen and oxygen atoms in total. The smallest absolute Gasteiger partial charge is 0.224 e. The van der Waals surface area contributed by atoms with Crippen molar-refractivity contribution < 1.29 is 4.79 Å². The molecule has 0 saturated heterocycles. The van der Waals surface area contributed by atoms with Crippen LogP contribution in [0.4, 0.5) is 5.69 Å². The first-order valence-corrected chi connectivity index (χ1v) is 9.86. The molecule has 28 heavy (non-hydrogen) atoms. The summed E-state index contributed by atoms with van der Waals surface area (Å²) in [6.45, 7) is 0. The summed E-state index contributed by atoms with van der Waals surface area (Å²) in [7, 11) is 0. The van der Waals surface area contributed by atoms with Crippen LogP contribution >= 0.6 is 0 Å². The first-order valence-electron chi connectivity index (χ1n) is 9.86. The molecule has 2 aromatic carbocycles. The van der Waals surface area contributed by atoms with Gasteiger partial charge >= 0.3 is 0 Å². The second kappa shape index (κ2) is 8.22. The van der Waals surface area contributed by atoms with Gasteiger partial charge in [-0.2, -0.15) is 5.26 Å². The van der Waals surface area contributed by atoms with Crippen LogP contribution in [0, 0.1) is 17.2 Å². The zero-order valence-corrected chi connectivity index (χ0v) is 15.8. The highest BCUT2D eigenvalue weighted by Crippen LogP contribution is 2.39. The lowest BCUT2D eigenvalue weighted by molar-refractivity contribution is -0.117. The first-order chi connectivity index (χ1) is 13.7. The van der Waals surface area contributed by atoms with E-state index in [2.05, 4.69) is 40.6 Å². The molecule has 4 heteroatoms. The van der Waals surface area contributed by atoms with Gasteiger partial charge in [0.25, 0.3) is 0 Å². The average Bonchev–Trinajstić information content (AvgIpc) is 2.74. The van der Waals surface area contributed by atoms with E-state index in [-0.39, 0.29) is 5.91 Å². The van der Waals surface area contributed by atoms with E-state index < -0.39 is 0 Å². The molecule has 3 aromatic rings. The fraction of sp³-hybridized carbons (Fsp3) is 0.292. The van der Waals surface area contributed by atoms with Crippen molar-refractivity contribution in [2.45, 2.75) is 38.0 Å². The Hall–Kier alpha value is -3.19. The Kier molecular flexibility index (Phi) is 5.34. The summed E-state index contributed by atoms with van der Waals surface area (Å²) in [5.41, 5.74) is 3.80. The number of aromatic nitrogens is 1. The van der Waals surface area contributed by atoms with E-state index in [1.54, 1.807) is 24.3 Å². The third-order valence-corrected chi connectivity index (χ3v) is 5.74. The van der Waals surface area contributed by atoms with E-state index in [1.807, 2.05) is 12.3 Å². The number of rotatable bonds is 4. The van der Waals surface area contributed by atoms with Gasteiger partial charge in [0.15, 0.2) is 0 Å². The van der Waals surface area contributed by atoms with E-state index >= 15 is 0 Å². The van der Waals surface area contributed by atoms with Gasteiger partial charge in [0.2, 0.25) is 5.91 Å². The number of nitriles is 1. The van der Waals surface area contributed by atoms with E-state index in [0.29, 0.717) is 23.8 Å². The van der Waals surface area contributed by atoms with Crippen molar-refractivity contribution in [3.8, 4) is 6.07 Å². The van der Waals surface area contributed by atoms with Gasteiger partial charge in [-0.1, -0.05) is 18.2 Å². The maximum atomic E-state index is 12.4. The summed E-state index contributed by atoms with van der Waals surface area (Å²) >= 11 is 0. The van der Waals surface area contributed by atoms with Crippen LogP contribution in [-0.4, -0.2) is 10.9 Å². The topological polar surface area (TPSA) is 65.8 Å². The summed E-state index contributed by atoms with van der Waals surface area (Å²) < 4.78 is 0. The molecule has 1 heterocycles. The Labute approximate surface area is 165 Å². The fourth-order valence-electron chi connectivity index (χ4n) is 4.25. The van der Waals surface area contributed by atoms with E-state index in [4.69, 9.17) is 5.26 Å². The van der Waals surface area contributed by atoms with Crippen LogP contribution < -0.4 is 5.32 Å². The Balaban J connectivity index is 1.33. The molecule has 1 saturated carbocycles. The van der Waals surface area contributed by atoms with E-state index in [9.17, 15) is 4.79 Å². The van der Waals surface area contributed by atoms with Crippen molar-refractivity contribution >= 4 is 22.5 Å². The second-order valence-corrected chi connectivity index (χ2v) is 7.58. The van der Waals surface area contributed by atoms with Gasteiger partial charge in [-0.25, -0.2) is 0 Å². The van der Waals surface area contributed by atoms with Gasteiger partial charge in [0.1, 0.15) is 0 Å². The highest BCUT2D eigenvalue weighted by molar-refractivity contribution is 5.90. The van der Waals surface area contributed by atoms with Crippen molar-refractivity contribution in [3.05, 3.63) is 71.9 Å². The predicted molar refractivity (Wildman–Crippen MR) is 111 cm³/mol. The number of nitrogens with one attached hydrogen (secondary N) is 1. The predicted octanol–water partition coefficient (Wildman–Crippen LogP) is 5.41. The van der Waals surface area contributed by atoms with Crippen LogP contribution in [-0.2, 0) is 4.79 Å². The van der Waals surface area contributed by atoms with Gasteiger partial charge < -0.3 is 5.32 Å². The lowest BCUT2D eigenvalue weighted by Gasteiger charge is -2.29. The quantitative estimate of drug-likeness (QED) is 0.669. The summed E-state index contributed by atoms with van der Waals surface area (Å²) in [6, 6.07) is 19.6. The lowest BCUT2D eigenvalue weighted by Crippen LogP contribution is -2.20. The third-order valence-electron chi connectivity index (χ3n) is 5.74. The molecule has 0 unspecified atom stereocenters. The number of pyridine rings is 1.